The van der Waals surface area contributed by atoms with Crippen molar-refractivity contribution in [3.8, 4) is 0 Å². The summed E-state index contributed by atoms with van der Waals surface area (Å²) in [7, 11) is 0. The zero-order valence-corrected chi connectivity index (χ0v) is 11.7. The summed E-state index contributed by atoms with van der Waals surface area (Å²) in [6.07, 6.45) is 2.99. The van der Waals surface area contributed by atoms with E-state index in [9.17, 15) is 4.79 Å². The monoisotopic (exact) mass is 289 g/mol. The maximum atomic E-state index is 11.8. The smallest absolute Gasteiger partial charge is 0.273 e. The topological polar surface area (TPSA) is 101 Å². The van der Waals surface area contributed by atoms with E-state index in [0.29, 0.717) is 6.54 Å². The van der Waals surface area contributed by atoms with Crippen LogP contribution in [0.4, 0.5) is 0 Å². The van der Waals surface area contributed by atoms with E-state index in [1.807, 2.05) is 18.2 Å². The number of hydrogen-bond donors (Lipinski definition) is 3. The van der Waals surface area contributed by atoms with Gasteiger partial charge in [0.1, 0.15) is 12.3 Å². The molecular formula is C15H19N3O3. The lowest BCUT2D eigenvalue weighted by Gasteiger charge is -2.03. The van der Waals surface area contributed by atoms with Crippen molar-refractivity contribution < 1.29 is 14.3 Å². The second-order valence-electron chi connectivity index (χ2n) is 4.71. The molecule has 4 N–H and O–H groups in total. The van der Waals surface area contributed by atoms with Crippen molar-refractivity contribution >= 4 is 5.91 Å². The minimum absolute atomic E-state index is 0.159. The lowest BCUT2D eigenvalue weighted by Crippen LogP contribution is -2.25. The summed E-state index contributed by atoms with van der Waals surface area (Å²) in [6.45, 7) is 0.278. The largest absolute Gasteiger partial charge is 0.446 e. The third-order valence-corrected chi connectivity index (χ3v) is 3.04. The highest BCUT2D eigenvalue weighted by molar-refractivity contribution is 5.91. The number of aliphatic hydroxyl groups is 1. The number of aromatic nitrogens is 1. The number of carbonyl (C=O) groups is 1. The average Bonchev–Trinajstić information content (AvgIpc) is 3.01. The Labute approximate surface area is 123 Å². The van der Waals surface area contributed by atoms with Crippen molar-refractivity contribution in [1.82, 2.24) is 10.3 Å². The fourth-order valence-electron chi connectivity index (χ4n) is 1.87. The van der Waals surface area contributed by atoms with Gasteiger partial charge in [-0.15, -0.1) is 0 Å². The van der Waals surface area contributed by atoms with Gasteiger partial charge in [0.2, 0.25) is 5.89 Å². The molecule has 6 nitrogen and oxygen atoms in total. The average molecular weight is 289 g/mol. The standard InChI is InChI=1S/C15H19N3O3/c16-12(9-19)15-18-13(10-21-15)14(20)17-8-4-7-11-5-2-1-3-6-11/h1-3,5-6,10,12,19H,4,7-9,16H2,(H,17,20). The van der Waals surface area contributed by atoms with Gasteiger partial charge in [-0.2, -0.15) is 0 Å². The number of nitrogens with one attached hydrogen (secondary N) is 1. The van der Waals surface area contributed by atoms with Gasteiger partial charge in [-0.3, -0.25) is 4.79 Å². The third kappa shape index (κ3) is 4.40. The van der Waals surface area contributed by atoms with Gasteiger partial charge < -0.3 is 20.6 Å². The van der Waals surface area contributed by atoms with Crippen LogP contribution < -0.4 is 11.1 Å². The van der Waals surface area contributed by atoms with Gasteiger partial charge in [-0.25, -0.2) is 4.98 Å². The number of aliphatic hydroxyl groups excluding tert-OH is 1. The van der Waals surface area contributed by atoms with E-state index < -0.39 is 6.04 Å². The van der Waals surface area contributed by atoms with Crippen molar-refractivity contribution in [3.63, 3.8) is 0 Å². The Bertz CT molecular complexity index is 569. The third-order valence-electron chi connectivity index (χ3n) is 3.04. The van der Waals surface area contributed by atoms with Gasteiger partial charge in [0.15, 0.2) is 5.69 Å². The number of hydrogen-bond acceptors (Lipinski definition) is 5. The second-order valence-corrected chi connectivity index (χ2v) is 4.71. The Balaban J connectivity index is 1.75. The molecule has 0 bridgehead atoms. The summed E-state index contributed by atoms with van der Waals surface area (Å²) >= 11 is 0. The lowest BCUT2D eigenvalue weighted by molar-refractivity contribution is 0.0948. The van der Waals surface area contributed by atoms with Crippen LogP contribution in [-0.2, 0) is 6.42 Å². The fraction of sp³-hybridized carbons (Fsp3) is 0.333. The van der Waals surface area contributed by atoms with E-state index in [1.165, 1.54) is 11.8 Å². The first-order valence-electron chi connectivity index (χ1n) is 6.84. The molecule has 1 aromatic carbocycles. The molecule has 112 valence electrons. The molecule has 0 aliphatic rings. The minimum Gasteiger partial charge on any atom is -0.446 e. The van der Waals surface area contributed by atoms with Crippen LogP contribution in [0.25, 0.3) is 0 Å². The number of carbonyl (C=O) groups excluding carboxylic acids is 1. The predicted molar refractivity (Wildman–Crippen MR) is 77.6 cm³/mol. The second kappa shape index (κ2) is 7.56. The Morgan fingerprint density at radius 2 is 2.14 bits per heavy atom. The summed E-state index contributed by atoms with van der Waals surface area (Å²) in [6, 6.07) is 9.38. The van der Waals surface area contributed by atoms with Crippen LogP contribution in [0.1, 0.15) is 34.4 Å². The molecule has 0 radical (unpaired) electrons. The van der Waals surface area contributed by atoms with Gasteiger partial charge in [-0.1, -0.05) is 30.3 Å². The van der Waals surface area contributed by atoms with Crippen LogP contribution in [0.3, 0.4) is 0 Å². The van der Waals surface area contributed by atoms with E-state index in [2.05, 4.69) is 22.4 Å². The molecule has 6 heteroatoms. The van der Waals surface area contributed by atoms with Crippen LogP contribution in [0.5, 0.6) is 0 Å². The maximum absolute atomic E-state index is 11.8. The molecule has 2 rings (SSSR count). The Morgan fingerprint density at radius 3 is 2.86 bits per heavy atom. The number of oxazole rings is 1. The number of benzene rings is 1. The van der Waals surface area contributed by atoms with Crippen LogP contribution in [0, 0.1) is 0 Å². The predicted octanol–water partition coefficient (Wildman–Crippen LogP) is 1.03. The molecule has 0 saturated heterocycles. The Kier molecular flexibility index (Phi) is 5.48. The zero-order valence-electron chi connectivity index (χ0n) is 11.7. The highest BCUT2D eigenvalue weighted by Gasteiger charge is 2.15. The zero-order chi connectivity index (χ0) is 15.1. The highest BCUT2D eigenvalue weighted by atomic mass is 16.3. The molecule has 1 amide bonds. The molecule has 1 heterocycles. The van der Waals surface area contributed by atoms with Crippen LogP contribution in [0.2, 0.25) is 0 Å². The molecule has 0 saturated carbocycles. The molecule has 1 atom stereocenters. The number of amides is 1. The van der Waals surface area contributed by atoms with Crippen molar-refractivity contribution in [3.05, 3.63) is 53.7 Å². The molecular weight excluding hydrogens is 270 g/mol. The SMILES string of the molecule is NC(CO)c1nc(C(=O)NCCCc2ccccc2)co1. The van der Waals surface area contributed by atoms with E-state index >= 15 is 0 Å². The van der Waals surface area contributed by atoms with Crippen LogP contribution in [-0.4, -0.2) is 29.1 Å². The lowest BCUT2D eigenvalue weighted by atomic mass is 10.1. The first-order valence-corrected chi connectivity index (χ1v) is 6.84. The van der Waals surface area contributed by atoms with E-state index in [0.717, 1.165) is 12.8 Å². The summed E-state index contributed by atoms with van der Waals surface area (Å²) in [5.41, 5.74) is 6.97. The van der Waals surface area contributed by atoms with Gasteiger partial charge in [0, 0.05) is 6.54 Å². The molecule has 0 spiro atoms. The van der Waals surface area contributed by atoms with Crippen LogP contribution >= 0.6 is 0 Å². The molecule has 21 heavy (non-hydrogen) atoms. The number of aryl methyl sites for hydroxylation is 1. The number of rotatable bonds is 7. The summed E-state index contributed by atoms with van der Waals surface area (Å²) in [5.74, 6) is -0.143. The van der Waals surface area contributed by atoms with Crippen molar-refractivity contribution in [2.24, 2.45) is 5.73 Å². The van der Waals surface area contributed by atoms with Gasteiger partial charge in [0.25, 0.3) is 5.91 Å². The summed E-state index contributed by atoms with van der Waals surface area (Å²) in [5, 5.41) is 11.7. The maximum Gasteiger partial charge on any atom is 0.273 e. The van der Waals surface area contributed by atoms with E-state index in [-0.39, 0.29) is 24.1 Å². The number of nitrogens with two attached hydrogens (primary N) is 1. The van der Waals surface area contributed by atoms with Crippen molar-refractivity contribution in [2.45, 2.75) is 18.9 Å². The van der Waals surface area contributed by atoms with Gasteiger partial charge in [0.05, 0.1) is 6.61 Å². The summed E-state index contributed by atoms with van der Waals surface area (Å²) in [4.78, 5) is 15.8. The summed E-state index contributed by atoms with van der Waals surface area (Å²) < 4.78 is 5.06. The number of nitrogens with zero attached hydrogens (tertiary/aromatic N) is 1. The normalized spacial score (nSPS) is 12.1. The molecule has 1 unspecified atom stereocenters. The quantitative estimate of drug-likeness (QED) is 0.661. The Morgan fingerprint density at radius 1 is 1.38 bits per heavy atom. The van der Waals surface area contributed by atoms with Crippen molar-refractivity contribution in [2.75, 3.05) is 13.2 Å². The van der Waals surface area contributed by atoms with Gasteiger partial charge >= 0.3 is 0 Å². The van der Waals surface area contributed by atoms with Gasteiger partial charge in [-0.05, 0) is 18.4 Å². The molecule has 2 aromatic rings. The van der Waals surface area contributed by atoms with E-state index in [1.54, 1.807) is 0 Å². The van der Waals surface area contributed by atoms with Crippen molar-refractivity contribution in [1.29, 1.82) is 0 Å². The fourth-order valence-corrected chi connectivity index (χ4v) is 1.87. The molecule has 0 fully saturated rings. The highest BCUT2D eigenvalue weighted by Crippen LogP contribution is 2.09. The van der Waals surface area contributed by atoms with E-state index in [4.69, 9.17) is 15.3 Å². The first kappa shape index (κ1) is 15.2. The Hall–Kier alpha value is -2.18. The molecule has 1 aromatic heterocycles. The molecule has 0 aliphatic heterocycles. The van der Waals surface area contributed by atoms with Crippen LogP contribution in [0.15, 0.2) is 41.0 Å². The molecule has 0 aliphatic carbocycles. The first-order chi connectivity index (χ1) is 10.2. The minimum atomic E-state index is -0.704.